The standard InChI is InChI=1S/C17H25ClN2O3S/c1-4-20(13-8-6-5-7-9-13)17(21)15-12-14(10-11-16(15)18)24(22,23)19(2)3/h10-13H,4-9H2,1-3H3. The van der Waals surface area contributed by atoms with E-state index in [4.69, 9.17) is 11.6 Å². The van der Waals surface area contributed by atoms with E-state index < -0.39 is 10.0 Å². The Bertz CT molecular complexity index is 698. The monoisotopic (exact) mass is 372 g/mol. The molecular weight excluding hydrogens is 348 g/mol. The molecular formula is C17H25ClN2O3S. The van der Waals surface area contributed by atoms with Gasteiger partial charge < -0.3 is 4.90 Å². The first-order chi connectivity index (χ1) is 11.3. The van der Waals surface area contributed by atoms with Crippen LogP contribution in [0.25, 0.3) is 0 Å². The van der Waals surface area contributed by atoms with Crippen molar-refractivity contribution in [3.63, 3.8) is 0 Å². The predicted octanol–water partition coefficient (Wildman–Crippen LogP) is 3.39. The fourth-order valence-electron chi connectivity index (χ4n) is 3.15. The number of benzene rings is 1. The van der Waals surface area contributed by atoms with Crippen LogP contribution in [-0.4, -0.2) is 50.2 Å². The minimum Gasteiger partial charge on any atom is -0.336 e. The van der Waals surface area contributed by atoms with Gasteiger partial charge in [-0.15, -0.1) is 0 Å². The molecule has 1 fully saturated rings. The number of halogens is 1. The molecule has 0 bridgehead atoms. The molecule has 1 amide bonds. The van der Waals surface area contributed by atoms with Crippen LogP contribution in [-0.2, 0) is 10.0 Å². The summed E-state index contributed by atoms with van der Waals surface area (Å²) in [6.45, 7) is 2.53. The van der Waals surface area contributed by atoms with Crippen molar-refractivity contribution < 1.29 is 13.2 Å². The highest BCUT2D eigenvalue weighted by atomic mass is 35.5. The van der Waals surface area contributed by atoms with Gasteiger partial charge in [0.05, 0.1) is 15.5 Å². The maximum atomic E-state index is 13.0. The van der Waals surface area contributed by atoms with Crippen molar-refractivity contribution in [2.75, 3.05) is 20.6 Å². The maximum absolute atomic E-state index is 13.0. The summed E-state index contributed by atoms with van der Waals surface area (Å²) in [5.41, 5.74) is 0.256. The van der Waals surface area contributed by atoms with Gasteiger partial charge in [-0.3, -0.25) is 4.79 Å². The van der Waals surface area contributed by atoms with Crippen LogP contribution in [0.4, 0.5) is 0 Å². The first-order valence-corrected chi connectivity index (χ1v) is 10.1. The highest BCUT2D eigenvalue weighted by Crippen LogP contribution is 2.27. The summed E-state index contributed by atoms with van der Waals surface area (Å²) in [4.78, 5) is 14.9. The lowest BCUT2D eigenvalue weighted by Gasteiger charge is -2.34. The van der Waals surface area contributed by atoms with Crippen molar-refractivity contribution in [1.82, 2.24) is 9.21 Å². The molecule has 1 aromatic carbocycles. The Balaban J connectivity index is 2.37. The first-order valence-electron chi connectivity index (χ1n) is 8.32. The highest BCUT2D eigenvalue weighted by molar-refractivity contribution is 7.89. The Kier molecular flexibility index (Phi) is 6.28. The molecule has 1 aromatic rings. The summed E-state index contributed by atoms with van der Waals surface area (Å²) in [5, 5.41) is 0.284. The Labute approximate surface area is 149 Å². The number of amides is 1. The van der Waals surface area contributed by atoms with Crippen LogP contribution in [0.2, 0.25) is 5.02 Å². The number of hydrogen-bond acceptors (Lipinski definition) is 3. The lowest BCUT2D eigenvalue weighted by Crippen LogP contribution is -2.41. The lowest BCUT2D eigenvalue weighted by atomic mass is 9.93. The molecule has 134 valence electrons. The summed E-state index contributed by atoms with van der Waals surface area (Å²) in [6, 6.07) is 4.53. The van der Waals surface area contributed by atoms with E-state index in [1.165, 1.54) is 38.7 Å². The van der Waals surface area contributed by atoms with E-state index >= 15 is 0 Å². The van der Waals surface area contributed by atoms with Gasteiger partial charge in [-0.2, -0.15) is 0 Å². The second-order valence-electron chi connectivity index (χ2n) is 6.31. The summed E-state index contributed by atoms with van der Waals surface area (Å²) >= 11 is 6.20. The molecule has 1 saturated carbocycles. The highest BCUT2D eigenvalue weighted by Gasteiger charge is 2.28. The summed E-state index contributed by atoms with van der Waals surface area (Å²) in [5.74, 6) is -0.190. The number of hydrogen-bond donors (Lipinski definition) is 0. The molecule has 5 nitrogen and oxygen atoms in total. The Morgan fingerprint density at radius 1 is 1.21 bits per heavy atom. The number of rotatable bonds is 5. The van der Waals surface area contributed by atoms with Gasteiger partial charge in [0, 0.05) is 26.7 Å². The van der Waals surface area contributed by atoms with Gasteiger partial charge in [-0.05, 0) is 38.0 Å². The SMILES string of the molecule is CCN(C(=O)c1cc(S(=O)(=O)N(C)C)ccc1Cl)C1CCCCC1. The first kappa shape index (κ1) is 19.2. The Morgan fingerprint density at radius 3 is 2.38 bits per heavy atom. The van der Waals surface area contributed by atoms with E-state index in [1.54, 1.807) is 0 Å². The molecule has 1 aliphatic rings. The lowest BCUT2D eigenvalue weighted by molar-refractivity contribution is 0.0648. The molecule has 24 heavy (non-hydrogen) atoms. The second kappa shape index (κ2) is 7.85. The molecule has 0 saturated heterocycles. The fraction of sp³-hybridized carbons (Fsp3) is 0.588. The molecule has 1 aliphatic carbocycles. The van der Waals surface area contributed by atoms with Crippen LogP contribution < -0.4 is 0 Å². The van der Waals surface area contributed by atoms with Crippen LogP contribution in [0.15, 0.2) is 23.1 Å². The van der Waals surface area contributed by atoms with Crippen molar-refractivity contribution in [3.8, 4) is 0 Å². The van der Waals surface area contributed by atoms with Crippen LogP contribution in [0.3, 0.4) is 0 Å². The summed E-state index contributed by atoms with van der Waals surface area (Å²) in [6.07, 6.45) is 5.44. The molecule has 0 aliphatic heterocycles. The average molecular weight is 373 g/mol. The molecule has 0 heterocycles. The van der Waals surface area contributed by atoms with E-state index in [0.29, 0.717) is 6.54 Å². The normalized spacial score (nSPS) is 16.4. The van der Waals surface area contributed by atoms with E-state index in [2.05, 4.69) is 0 Å². The average Bonchev–Trinajstić information content (AvgIpc) is 2.56. The topological polar surface area (TPSA) is 57.7 Å². The van der Waals surface area contributed by atoms with Crippen LogP contribution in [0, 0.1) is 0 Å². The van der Waals surface area contributed by atoms with Gasteiger partial charge in [0.25, 0.3) is 5.91 Å². The van der Waals surface area contributed by atoms with E-state index in [0.717, 1.165) is 30.0 Å². The van der Waals surface area contributed by atoms with Gasteiger partial charge in [0.15, 0.2) is 0 Å². The molecule has 0 aromatic heterocycles. The van der Waals surface area contributed by atoms with Crippen LogP contribution in [0.5, 0.6) is 0 Å². The summed E-state index contributed by atoms with van der Waals surface area (Å²) in [7, 11) is -0.675. The third kappa shape index (κ3) is 3.92. The number of nitrogens with zero attached hydrogens (tertiary/aromatic N) is 2. The minimum atomic E-state index is -3.60. The zero-order chi connectivity index (χ0) is 17.9. The van der Waals surface area contributed by atoms with Crippen molar-refractivity contribution >= 4 is 27.5 Å². The molecule has 0 N–H and O–H groups in total. The third-order valence-corrected chi connectivity index (χ3v) is 6.70. The van der Waals surface area contributed by atoms with Gasteiger partial charge in [-0.1, -0.05) is 30.9 Å². The molecule has 0 unspecified atom stereocenters. The second-order valence-corrected chi connectivity index (χ2v) is 8.87. The Morgan fingerprint density at radius 2 is 1.83 bits per heavy atom. The van der Waals surface area contributed by atoms with Crippen molar-refractivity contribution in [2.45, 2.75) is 50.0 Å². The quantitative estimate of drug-likeness (QED) is 0.796. The number of carbonyl (C=O) groups is 1. The third-order valence-electron chi connectivity index (χ3n) is 4.56. The maximum Gasteiger partial charge on any atom is 0.255 e. The van der Waals surface area contributed by atoms with Crippen LogP contribution in [0.1, 0.15) is 49.4 Å². The van der Waals surface area contributed by atoms with Gasteiger partial charge >= 0.3 is 0 Å². The van der Waals surface area contributed by atoms with Crippen molar-refractivity contribution in [1.29, 1.82) is 0 Å². The molecule has 0 spiro atoms. The van der Waals surface area contributed by atoms with Crippen LogP contribution >= 0.6 is 11.6 Å². The number of carbonyl (C=O) groups excluding carboxylic acids is 1. The van der Waals surface area contributed by atoms with Crippen molar-refractivity contribution in [2.24, 2.45) is 0 Å². The van der Waals surface area contributed by atoms with Crippen molar-refractivity contribution in [3.05, 3.63) is 28.8 Å². The molecule has 7 heteroatoms. The van der Waals surface area contributed by atoms with Gasteiger partial charge in [0.2, 0.25) is 10.0 Å². The Hall–Kier alpha value is -1.11. The molecule has 2 rings (SSSR count). The van der Waals surface area contributed by atoms with E-state index in [-0.39, 0.29) is 27.4 Å². The van der Waals surface area contributed by atoms with Gasteiger partial charge in [-0.25, -0.2) is 12.7 Å². The van der Waals surface area contributed by atoms with E-state index in [1.807, 2.05) is 11.8 Å². The largest absolute Gasteiger partial charge is 0.336 e. The predicted molar refractivity (Wildman–Crippen MR) is 95.9 cm³/mol. The van der Waals surface area contributed by atoms with Gasteiger partial charge in [0.1, 0.15) is 0 Å². The smallest absolute Gasteiger partial charge is 0.255 e. The zero-order valence-corrected chi connectivity index (χ0v) is 16.0. The molecule has 0 radical (unpaired) electrons. The summed E-state index contributed by atoms with van der Waals surface area (Å²) < 4.78 is 25.8. The van der Waals surface area contributed by atoms with E-state index in [9.17, 15) is 13.2 Å². The zero-order valence-electron chi connectivity index (χ0n) is 14.5. The fourth-order valence-corrected chi connectivity index (χ4v) is 4.28. The molecule has 0 atom stereocenters. The number of sulfonamides is 1. The minimum absolute atomic E-state index is 0.0833.